The second-order valence-electron chi connectivity index (χ2n) is 19.0. The summed E-state index contributed by atoms with van der Waals surface area (Å²) in [6.07, 6.45) is 7.06. The third kappa shape index (κ3) is 12.1. The lowest BCUT2D eigenvalue weighted by Gasteiger charge is -2.11. The smallest absolute Gasteiger partial charge is 0.154 e. The fourth-order valence-corrected chi connectivity index (χ4v) is 8.83. The molecule has 0 aliphatic carbocycles. The molecule has 7 aromatic heterocycles. The molecule has 0 amide bonds. The van der Waals surface area contributed by atoms with Crippen LogP contribution in [0.5, 0.6) is 0 Å². The molecule has 0 unspecified atom stereocenters. The van der Waals surface area contributed by atoms with Gasteiger partial charge in [0.2, 0.25) is 0 Å². The Hall–Kier alpha value is -8.55. The fourth-order valence-electron chi connectivity index (χ4n) is 8.20. The summed E-state index contributed by atoms with van der Waals surface area (Å²) in [5.74, 6) is 1.83. The minimum absolute atomic E-state index is 0.222. The van der Waals surface area contributed by atoms with Crippen LogP contribution < -0.4 is 0 Å². The van der Waals surface area contributed by atoms with Crippen molar-refractivity contribution in [3.63, 3.8) is 0 Å². The molecule has 5 aromatic carbocycles. The van der Waals surface area contributed by atoms with Gasteiger partial charge in [-0.05, 0) is 108 Å². The number of rotatable bonds is 8. The summed E-state index contributed by atoms with van der Waals surface area (Å²) in [5.41, 5.74) is 16.0. The van der Waals surface area contributed by atoms with Crippen molar-refractivity contribution >= 4 is 55.5 Å². The highest BCUT2D eigenvalue weighted by atomic mass is 32.1. The van der Waals surface area contributed by atoms with Crippen molar-refractivity contribution in [3.8, 4) is 44.7 Å². The van der Waals surface area contributed by atoms with E-state index in [9.17, 15) is 4.39 Å². The Labute approximate surface area is 440 Å². The lowest BCUT2D eigenvalue weighted by molar-refractivity contribution is 0.578. The molecule has 12 aromatic rings. The number of thiazole rings is 1. The third-order valence-electron chi connectivity index (χ3n) is 12.1. The van der Waals surface area contributed by atoms with Crippen molar-refractivity contribution in [3.05, 3.63) is 204 Å². The monoisotopic (exact) mass is 1010 g/mol. The van der Waals surface area contributed by atoms with Gasteiger partial charge >= 0.3 is 0 Å². The quantitative estimate of drug-likeness (QED) is 0.144. The van der Waals surface area contributed by atoms with Gasteiger partial charge in [0.15, 0.2) is 5.76 Å². The van der Waals surface area contributed by atoms with E-state index in [2.05, 4.69) is 80.3 Å². The van der Waals surface area contributed by atoms with E-state index in [4.69, 9.17) is 29.3 Å². The van der Waals surface area contributed by atoms with Crippen LogP contribution in [0.15, 0.2) is 180 Å². The number of aromatic nitrogens is 10. The highest BCUT2D eigenvalue weighted by Gasteiger charge is 2.18. The molecule has 7 heterocycles. The summed E-state index contributed by atoms with van der Waals surface area (Å²) in [7, 11) is 0. The number of benzene rings is 5. The van der Waals surface area contributed by atoms with E-state index in [0.29, 0.717) is 29.2 Å². The normalized spacial score (nSPS) is 11.2. The van der Waals surface area contributed by atoms with E-state index in [0.717, 1.165) is 106 Å². The van der Waals surface area contributed by atoms with Crippen molar-refractivity contribution in [1.29, 1.82) is 0 Å². The largest absolute Gasteiger partial charge is 0.463 e. The molecule has 0 fully saturated rings. The second-order valence-corrected chi connectivity index (χ2v) is 19.9. The van der Waals surface area contributed by atoms with Crippen LogP contribution in [0.1, 0.15) is 102 Å². The summed E-state index contributed by atoms with van der Waals surface area (Å²) in [5, 5.41) is 2.91. The summed E-state index contributed by atoms with van der Waals surface area (Å²) in [4.78, 5) is 46.1. The zero-order valence-electron chi connectivity index (χ0n) is 43.2. The van der Waals surface area contributed by atoms with Crippen LogP contribution in [0.3, 0.4) is 0 Å². The maximum Gasteiger partial charge on any atom is 0.154 e. The Kier molecular flexibility index (Phi) is 16.1. The number of furan rings is 1. The molecule has 0 bridgehead atoms. The number of fused-ring (bicyclic) bond motifs is 4. The highest BCUT2D eigenvalue weighted by molar-refractivity contribution is 7.13. The molecular formula is C62H57FN10OS. The fraction of sp³-hybridized carbons (Fsp3) is 0.194. The third-order valence-corrected chi connectivity index (χ3v) is 12.8. The van der Waals surface area contributed by atoms with Crippen LogP contribution in [-0.4, -0.2) is 49.8 Å². The van der Waals surface area contributed by atoms with Crippen LogP contribution >= 0.6 is 11.3 Å². The maximum atomic E-state index is 13.8. The van der Waals surface area contributed by atoms with Crippen LogP contribution in [0, 0.1) is 5.82 Å². The van der Waals surface area contributed by atoms with Gasteiger partial charge in [0, 0.05) is 29.5 Å². The molecule has 0 atom stereocenters. The number of hydrogen-bond acceptors (Lipinski definition) is 12. The maximum absolute atomic E-state index is 13.8. The average molecular weight is 1010 g/mol. The molecule has 0 aliphatic heterocycles. The Morgan fingerprint density at radius 3 is 1.48 bits per heavy atom. The van der Waals surface area contributed by atoms with Gasteiger partial charge in [-0.25, -0.2) is 44.3 Å². The lowest BCUT2D eigenvalue weighted by atomic mass is 10.0. The molecule has 0 N–H and O–H groups in total. The first kappa shape index (κ1) is 51.4. The molecule has 0 saturated heterocycles. The topological polar surface area (TPSA) is 142 Å². The number of para-hydroxylation sites is 6. The van der Waals surface area contributed by atoms with Gasteiger partial charge in [0.1, 0.15) is 27.9 Å². The summed E-state index contributed by atoms with van der Waals surface area (Å²) in [6, 6.07) is 45.9. The van der Waals surface area contributed by atoms with Crippen LogP contribution in [-0.2, 0) is 0 Å². The molecule has 374 valence electrons. The number of pyridine rings is 1. The molecule has 0 saturated carbocycles. The Balaban J connectivity index is 0.000000123. The van der Waals surface area contributed by atoms with E-state index in [1.54, 1.807) is 48.3 Å². The summed E-state index contributed by atoms with van der Waals surface area (Å²) >= 11 is 1.60. The predicted molar refractivity (Wildman–Crippen MR) is 302 cm³/mol. The first-order valence-electron chi connectivity index (χ1n) is 25.1. The van der Waals surface area contributed by atoms with Crippen LogP contribution in [0.25, 0.3) is 88.8 Å². The summed E-state index contributed by atoms with van der Waals surface area (Å²) < 4.78 is 19.3. The van der Waals surface area contributed by atoms with E-state index >= 15 is 0 Å². The molecule has 0 spiro atoms. The zero-order valence-corrected chi connectivity index (χ0v) is 44.0. The average Bonchev–Trinajstić information content (AvgIpc) is 4.20. The Morgan fingerprint density at radius 1 is 0.427 bits per heavy atom. The minimum Gasteiger partial charge on any atom is -0.463 e. The molecule has 75 heavy (non-hydrogen) atoms. The highest BCUT2D eigenvalue weighted by Crippen LogP contribution is 2.32. The Morgan fingerprint density at radius 2 is 0.960 bits per heavy atom. The van der Waals surface area contributed by atoms with E-state index < -0.39 is 0 Å². The van der Waals surface area contributed by atoms with Gasteiger partial charge in [0.05, 0.1) is 78.9 Å². The van der Waals surface area contributed by atoms with Gasteiger partial charge in [0.25, 0.3) is 0 Å². The number of hydrogen-bond donors (Lipinski definition) is 0. The zero-order chi connectivity index (χ0) is 52.4. The van der Waals surface area contributed by atoms with Crippen molar-refractivity contribution in [2.75, 3.05) is 0 Å². The van der Waals surface area contributed by atoms with E-state index in [1.807, 2.05) is 133 Å². The molecule has 0 aliphatic rings. The van der Waals surface area contributed by atoms with Gasteiger partial charge < -0.3 is 4.42 Å². The van der Waals surface area contributed by atoms with Gasteiger partial charge in [-0.1, -0.05) is 122 Å². The first-order chi connectivity index (χ1) is 36.4. The SMILES string of the molecule is CC(C)c1cnc2ccc(-c3ccccc3F)cc2n1.CC(C)c1nc2ccccc2nc1-c1ccccn1.CC(C)c1nc2ccccc2nc1-c1ccco1.CC(C)c1nc2ccccc2nc1-c1nccs1. The second kappa shape index (κ2) is 23.5. The van der Waals surface area contributed by atoms with Crippen LogP contribution in [0.2, 0.25) is 0 Å². The van der Waals surface area contributed by atoms with E-state index in [-0.39, 0.29) is 5.82 Å². The predicted octanol–water partition coefficient (Wildman–Crippen LogP) is 16.3. The van der Waals surface area contributed by atoms with E-state index in [1.165, 1.54) is 6.07 Å². The van der Waals surface area contributed by atoms with Crippen molar-refractivity contribution in [2.45, 2.75) is 79.1 Å². The molecule has 0 radical (unpaired) electrons. The van der Waals surface area contributed by atoms with Crippen molar-refractivity contribution in [1.82, 2.24) is 49.8 Å². The number of halogens is 1. The van der Waals surface area contributed by atoms with Crippen molar-refractivity contribution in [2.24, 2.45) is 0 Å². The Bertz CT molecular complexity index is 3710. The van der Waals surface area contributed by atoms with Gasteiger partial charge in [-0.3, -0.25) is 9.97 Å². The first-order valence-corrected chi connectivity index (χ1v) is 26.0. The van der Waals surface area contributed by atoms with Crippen molar-refractivity contribution < 1.29 is 8.81 Å². The number of nitrogens with zero attached hydrogens (tertiary/aromatic N) is 10. The van der Waals surface area contributed by atoms with Gasteiger partial charge in [-0.2, -0.15) is 0 Å². The summed E-state index contributed by atoms with van der Waals surface area (Å²) in [6.45, 7) is 16.9. The van der Waals surface area contributed by atoms with Gasteiger partial charge in [-0.15, -0.1) is 11.3 Å². The minimum atomic E-state index is -0.222. The van der Waals surface area contributed by atoms with Crippen LogP contribution in [0.4, 0.5) is 4.39 Å². The standard InChI is InChI=1S/C17H15FN2.C16H15N3.C15H14N2O.C14H13N3S/c1-11(2)17-10-19-15-8-7-12(9-16(15)20-17)13-5-3-4-6-14(13)18;1-11(2)15-16(14-9-5-6-10-17-14)19-13-8-4-3-7-12(13)18-15;1-10(2)14-15(13-8-5-9-18-13)17-12-7-4-3-6-11(12)16-14;1-9(2)12-13(14-15-7-8-18-14)17-11-6-4-3-5-10(11)16-12/h3-11H,1-2H3;3-11H,1-2H3;3-10H,1-2H3;3-9H,1-2H3. The molecule has 11 nitrogen and oxygen atoms in total. The molecule has 12 rings (SSSR count). The lowest BCUT2D eigenvalue weighted by Crippen LogP contribution is -2.01. The molecular weight excluding hydrogens is 952 g/mol. The molecule has 13 heteroatoms.